The lowest BCUT2D eigenvalue weighted by molar-refractivity contribution is 0.163. The molecule has 21 heavy (non-hydrogen) atoms. The highest BCUT2D eigenvalue weighted by atomic mass is 16.2. The van der Waals surface area contributed by atoms with Crippen molar-refractivity contribution in [2.24, 2.45) is 5.73 Å². The van der Waals surface area contributed by atoms with Crippen LogP contribution < -0.4 is 16.4 Å². The Kier molecular flexibility index (Phi) is 5.20. The second kappa shape index (κ2) is 6.91. The molecule has 1 aromatic rings. The number of nitrogens with two attached hydrogens (primary N) is 1. The van der Waals surface area contributed by atoms with Crippen LogP contribution in [0.1, 0.15) is 38.3 Å². The Morgan fingerprint density at radius 3 is 2.62 bits per heavy atom. The summed E-state index contributed by atoms with van der Waals surface area (Å²) < 4.78 is 0. The Morgan fingerprint density at radius 2 is 2.05 bits per heavy atom. The van der Waals surface area contributed by atoms with Gasteiger partial charge in [-0.2, -0.15) is 0 Å². The number of carbonyl (C=O) groups excluding carboxylic acids is 1. The zero-order valence-electron chi connectivity index (χ0n) is 13.1. The van der Waals surface area contributed by atoms with E-state index in [0.29, 0.717) is 18.1 Å². The largest absolute Gasteiger partial charge is 0.351 e. The lowest BCUT2D eigenvalue weighted by Gasteiger charge is -2.36. The van der Waals surface area contributed by atoms with Crippen LogP contribution in [-0.4, -0.2) is 36.6 Å². The van der Waals surface area contributed by atoms with Gasteiger partial charge in [-0.25, -0.2) is 4.79 Å². The second-order valence-electron chi connectivity index (χ2n) is 6.05. The summed E-state index contributed by atoms with van der Waals surface area (Å²) in [7, 11) is 2.19. The number of rotatable bonds is 4. The molecule has 1 saturated heterocycles. The zero-order chi connectivity index (χ0) is 15.4. The molecule has 0 aromatic heterocycles. The minimum atomic E-state index is -0.533. The number of primary amides is 1. The molecule has 2 amide bonds. The first-order valence-corrected chi connectivity index (χ1v) is 7.58. The molecule has 5 nitrogen and oxygen atoms in total. The minimum absolute atomic E-state index is 0.299. The highest BCUT2D eigenvalue weighted by molar-refractivity contribution is 5.87. The van der Waals surface area contributed by atoms with Crippen LogP contribution >= 0.6 is 0 Å². The highest BCUT2D eigenvalue weighted by Gasteiger charge is 2.23. The normalized spacial score (nSPS) is 24.5. The first-order chi connectivity index (χ1) is 9.95. The average Bonchev–Trinajstić information content (AvgIpc) is 2.43. The van der Waals surface area contributed by atoms with Gasteiger partial charge >= 0.3 is 6.03 Å². The molecule has 1 aliphatic rings. The molecule has 0 bridgehead atoms. The number of urea groups is 1. The predicted molar refractivity (Wildman–Crippen MR) is 86.3 cm³/mol. The van der Waals surface area contributed by atoms with E-state index in [9.17, 15) is 4.79 Å². The summed E-state index contributed by atoms with van der Waals surface area (Å²) >= 11 is 0. The van der Waals surface area contributed by atoms with E-state index >= 15 is 0 Å². The van der Waals surface area contributed by atoms with Gasteiger partial charge in [-0.3, -0.25) is 0 Å². The molecule has 0 radical (unpaired) electrons. The summed E-state index contributed by atoms with van der Waals surface area (Å²) in [6.07, 6.45) is 2.37. The van der Waals surface area contributed by atoms with Gasteiger partial charge in [0.1, 0.15) is 0 Å². The maximum absolute atomic E-state index is 10.8. The lowest BCUT2D eigenvalue weighted by atomic mass is 9.97. The van der Waals surface area contributed by atoms with E-state index in [1.54, 1.807) is 0 Å². The van der Waals surface area contributed by atoms with Crippen molar-refractivity contribution in [3.05, 3.63) is 29.8 Å². The van der Waals surface area contributed by atoms with E-state index in [4.69, 9.17) is 5.73 Å². The minimum Gasteiger partial charge on any atom is -0.351 e. The Hall–Kier alpha value is -1.59. The molecule has 0 saturated carbocycles. The van der Waals surface area contributed by atoms with E-state index in [-0.39, 0.29) is 0 Å². The quantitative estimate of drug-likeness (QED) is 0.797. The van der Waals surface area contributed by atoms with Gasteiger partial charge in [0.15, 0.2) is 0 Å². The lowest BCUT2D eigenvalue weighted by Crippen LogP contribution is -2.46. The summed E-state index contributed by atoms with van der Waals surface area (Å²) in [4.78, 5) is 13.2. The number of hydrogen-bond donors (Lipinski definition) is 3. The number of amides is 2. The second-order valence-corrected chi connectivity index (χ2v) is 6.05. The van der Waals surface area contributed by atoms with Gasteiger partial charge in [-0.05, 0) is 58.0 Å². The summed E-state index contributed by atoms with van der Waals surface area (Å²) in [6, 6.07) is 8.79. The van der Waals surface area contributed by atoms with Crippen molar-refractivity contribution in [3.63, 3.8) is 0 Å². The maximum Gasteiger partial charge on any atom is 0.316 e. The van der Waals surface area contributed by atoms with Crippen molar-refractivity contribution in [1.29, 1.82) is 0 Å². The van der Waals surface area contributed by atoms with E-state index in [0.717, 1.165) is 12.2 Å². The smallest absolute Gasteiger partial charge is 0.316 e. The fourth-order valence-electron chi connectivity index (χ4n) is 2.89. The van der Waals surface area contributed by atoms with Crippen molar-refractivity contribution in [3.8, 4) is 0 Å². The number of nitrogens with one attached hydrogen (secondary N) is 2. The number of likely N-dealkylation sites (tertiary alicyclic amines) is 1. The number of carbonyl (C=O) groups is 1. The molecule has 1 fully saturated rings. The van der Waals surface area contributed by atoms with Crippen LogP contribution in [0.25, 0.3) is 0 Å². The fourth-order valence-corrected chi connectivity index (χ4v) is 2.89. The van der Waals surface area contributed by atoms with Crippen LogP contribution in [0, 0.1) is 0 Å². The molecule has 3 unspecified atom stereocenters. The summed E-state index contributed by atoms with van der Waals surface area (Å²) in [5.41, 5.74) is 7.05. The number of benzene rings is 1. The SMILES string of the molecule is CC(NC1CCN(C)C(C)C1)c1ccc(NC(N)=O)cc1. The molecular formula is C16H26N4O. The van der Waals surface area contributed by atoms with Crippen molar-refractivity contribution < 1.29 is 4.79 Å². The molecule has 116 valence electrons. The number of piperidine rings is 1. The van der Waals surface area contributed by atoms with Gasteiger partial charge in [0, 0.05) is 23.8 Å². The van der Waals surface area contributed by atoms with Crippen LogP contribution in [0.2, 0.25) is 0 Å². The van der Waals surface area contributed by atoms with Gasteiger partial charge < -0.3 is 21.3 Å². The third kappa shape index (κ3) is 4.44. The number of hydrogen-bond acceptors (Lipinski definition) is 3. The molecule has 1 aromatic carbocycles. The van der Waals surface area contributed by atoms with Crippen molar-refractivity contribution >= 4 is 11.7 Å². The molecule has 3 atom stereocenters. The zero-order valence-corrected chi connectivity index (χ0v) is 13.1. The van der Waals surface area contributed by atoms with E-state index in [1.807, 2.05) is 24.3 Å². The Bertz CT molecular complexity index is 474. The number of nitrogens with zero attached hydrogens (tertiary/aromatic N) is 1. The monoisotopic (exact) mass is 290 g/mol. The topological polar surface area (TPSA) is 70.4 Å². The van der Waals surface area contributed by atoms with E-state index in [2.05, 4.69) is 36.4 Å². The third-order valence-corrected chi connectivity index (χ3v) is 4.37. The van der Waals surface area contributed by atoms with Crippen LogP contribution in [0.5, 0.6) is 0 Å². The molecule has 4 N–H and O–H groups in total. The van der Waals surface area contributed by atoms with Gasteiger partial charge in [-0.15, -0.1) is 0 Å². The Morgan fingerprint density at radius 1 is 1.38 bits per heavy atom. The molecular weight excluding hydrogens is 264 g/mol. The molecule has 2 rings (SSSR count). The van der Waals surface area contributed by atoms with E-state index < -0.39 is 6.03 Å². The molecule has 0 aliphatic carbocycles. The molecule has 5 heteroatoms. The van der Waals surface area contributed by atoms with Crippen LogP contribution in [0.3, 0.4) is 0 Å². The Balaban J connectivity index is 1.91. The van der Waals surface area contributed by atoms with Crippen LogP contribution in [0.15, 0.2) is 24.3 Å². The average molecular weight is 290 g/mol. The summed E-state index contributed by atoms with van der Waals surface area (Å²) in [6.45, 7) is 5.61. The Labute approximate surface area is 126 Å². The first kappa shape index (κ1) is 15.8. The van der Waals surface area contributed by atoms with Gasteiger partial charge in [0.2, 0.25) is 0 Å². The standard InChI is InChI=1S/C16H26N4O/c1-11-10-15(8-9-20(11)3)18-12(2)13-4-6-14(7-5-13)19-16(17)21/h4-7,11-12,15,18H,8-10H2,1-3H3,(H3,17,19,21). The van der Waals surface area contributed by atoms with Gasteiger partial charge in [0.25, 0.3) is 0 Å². The molecule has 1 aliphatic heterocycles. The third-order valence-electron chi connectivity index (χ3n) is 4.37. The predicted octanol–water partition coefficient (Wildman–Crippen LogP) is 2.31. The van der Waals surface area contributed by atoms with Crippen LogP contribution in [-0.2, 0) is 0 Å². The highest BCUT2D eigenvalue weighted by Crippen LogP contribution is 2.21. The number of anilines is 1. The first-order valence-electron chi connectivity index (χ1n) is 7.58. The van der Waals surface area contributed by atoms with Crippen molar-refractivity contribution in [2.45, 2.75) is 44.8 Å². The van der Waals surface area contributed by atoms with Gasteiger partial charge in [-0.1, -0.05) is 12.1 Å². The van der Waals surface area contributed by atoms with Gasteiger partial charge in [0.05, 0.1) is 0 Å². The fraction of sp³-hybridized carbons (Fsp3) is 0.562. The van der Waals surface area contributed by atoms with Crippen LogP contribution in [0.4, 0.5) is 10.5 Å². The van der Waals surface area contributed by atoms with Crippen molar-refractivity contribution in [2.75, 3.05) is 18.9 Å². The summed E-state index contributed by atoms with van der Waals surface area (Å²) in [5.74, 6) is 0. The van der Waals surface area contributed by atoms with Crippen molar-refractivity contribution in [1.82, 2.24) is 10.2 Å². The molecule has 0 spiro atoms. The van der Waals surface area contributed by atoms with E-state index in [1.165, 1.54) is 18.4 Å². The summed E-state index contributed by atoms with van der Waals surface area (Å²) in [5, 5.41) is 6.28. The molecule has 1 heterocycles. The maximum atomic E-state index is 10.8.